The third-order valence-corrected chi connectivity index (χ3v) is 2.58. The second kappa shape index (κ2) is 5.94. The van der Waals surface area contributed by atoms with Gasteiger partial charge in [0.25, 0.3) is 0 Å². The summed E-state index contributed by atoms with van der Waals surface area (Å²) in [5, 5.41) is 11.3. The molecule has 0 amide bonds. The smallest absolute Gasteiger partial charge is 0.320 e. The lowest BCUT2D eigenvalue weighted by Crippen LogP contribution is -2.37. The standard InChI is InChI=1S/C7H16N2O4S/c1-6(2)8-3-4-9-14(12,13)5-7(10)11/h6,8-9H,3-5H2,1-2H3,(H,10,11). The number of aliphatic carboxylic acids is 1. The molecule has 0 aliphatic heterocycles. The minimum atomic E-state index is -3.67. The van der Waals surface area contributed by atoms with E-state index in [0.717, 1.165) is 0 Å². The first kappa shape index (κ1) is 13.3. The van der Waals surface area contributed by atoms with Crippen LogP contribution in [0.4, 0.5) is 0 Å². The first-order valence-electron chi connectivity index (χ1n) is 4.26. The molecule has 0 saturated heterocycles. The molecule has 0 fully saturated rings. The third kappa shape index (κ3) is 7.96. The maximum atomic E-state index is 11.0. The second-order valence-electron chi connectivity index (χ2n) is 3.16. The van der Waals surface area contributed by atoms with Crippen molar-refractivity contribution in [3.63, 3.8) is 0 Å². The fourth-order valence-corrected chi connectivity index (χ4v) is 1.62. The van der Waals surface area contributed by atoms with Gasteiger partial charge in [0.15, 0.2) is 5.75 Å². The second-order valence-corrected chi connectivity index (χ2v) is 4.96. The third-order valence-electron chi connectivity index (χ3n) is 1.31. The van der Waals surface area contributed by atoms with Gasteiger partial charge in [-0.2, -0.15) is 0 Å². The Morgan fingerprint density at radius 1 is 1.36 bits per heavy atom. The zero-order valence-corrected chi connectivity index (χ0v) is 9.10. The fourth-order valence-electron chi connectivity index (χ4n) is 0.781. The first-order valence-corrected chi connectivity index (χ1v) is 5.91. The van der Waals surface area contributed by atoms with Gasteiger partial charge in [0.1, 0.15) is 0 Å². The number of hydrogen-bond acceptors (Lipinski definition) is 4. The quantitative estimate of drug-likeness (QED) is 0.481. The highest BCUT2D eigenvalue weighted by Crippen LogP contribution is 1.83. The minimum absolute atomic E-state index is 0.202. The lowest BCUT2D eigenvalue weighted by molar-refractivity contribution is -0.134. The molecule has 14 heavy (non-hydrogen) atoms. The number of nitrogens with one attached hydrogen (secondary N) is 2. The van der Waals surface area contributed by atoms with E-state index in [1.807, 2.05) is 13.8 Å². The predicted octanol–water partition coefficient (Wildman–Crippen LogP) is -1.01. The van der Waals surface area contributed by atoms with Crippen molar-refractivity contribution in [1.82, 2.24) is 10.0 Å². The molecule has 0 radical (unpaired) electrons. The van der Waals surface area contributed by atoms with Crippen molar-refractivity contribution in [2.45, 2.75) is 19.9 Å². The topological polar surface area (TPSA) is 95.5 Å². The number of carboxylic acids is 1. The van der Waals surface area contributed by atoms with Crippen LogP contribution in [0.15, 0.2) is 0 Å². The van der Waals surface area contributed by atoms with Crippen molar-refractivity contribution < 1.29 is 18.3 Å². The fraction of sp³-hybridized carbons (Fsp3) is 0.857. The van der Waals surface area contributed by atoms with Crippen molar-refractivity contribution in [2.75, 3.05) is 18.8 Å². The van der Waals surface area contributed by atoms with Crippen molar-refractivity contribution in [3.8, 4) is 0 Å². The van der Waals surface area contributed by atoms with Crippen LogP contribution < -0.4 is 10.0 Å². The highest BCUT2D eigenvalue weighted by Gasteiger charge is 2.14. The summed E-state index contributed by atoms with van der Waals surface area (Å²) in [5.74, 6) is -2.23. The van der Waals surface area contributed by atoms with Crippen LogP contribution in [0.3, 0.4) is 0 Å². The zero-order chi connectivity index (χ0) is 11.2. The molecule has 84 valence electrons. The molecule has 0 heterocycles. The summed E-state index contributed by atoms with van der Waals surface area (Å²) < 4.78 is 24.1. The van der Waals surface area contributed by atoms with Crippen LogP contribution in [0.5, 0.6) is 0 Å². The highest BCUT2D eigenvalue weighted by atomic mass is 32.2. The van der Waals surface area contributed by atoms with Crippen molar-refractivity contribution in [2.24, 2.45) is 0 Å². The maximum Gasteiger partial charge on any atom is 0.320 e. The molecule has 0 rings (SSSR count). The Morgan fingerprint density at radius 3 is 2.36 bits per heavy atom. The summed E-state index contributed by atoms with van der Waals surface area (Å²) in [7, 11) is -3.67. The van der Waals surface area contributed by atoms with E-state index in [2.05, 4.69) is 10.0 Å². The van der Waals surface area contributed by atoms with Crippen molar-refractivity contribution >= 4 is 16.0 Å². The Morgan fingerprint density at radius 2 is 1.93 bits per heavy atom. The molecule has 0 aromatic rings. The predicted molar refractivity (Wildman–Crippen MR) is 52.6 cm³/mol. The van der Waals surface area contributed by atoms with E-state index < -0.39 is 21.7 Å². The van der Waals surface area contributed by atoms with E-state index in [0.29, 0.717) is 6.54 Å². The van der Waals surface area contributed by atoms with Crippen molar-refractivity contribution in [1.29, 1.82) is 0 Å². The van der Waals surface area contributed by atoms with Crippen LogP contribution in [0.2, 0.25) is 0 Å². The Balaban J connectivity index is 3.72. The zero-order valence-electron chi connectivity index (χ0n) is 8.28. The number of hydrogen-bond donors (Lipinski definition) is 3. The van der Waals surface area contributed by atoms with Gasteiger partial charge in [-0.15, -0.1) is 0 Å². The van der Waals surface area contributed by atoms with Crippen molar-refractivity contribution in [3.05, 3.63) is 0 Å². The van der Waals surface area contributed by atoms with Gasteiger partial charge in [-0.3, -0.25) is 4.79 Å². The van der Waals surface area contributed by atoms with Gasteiger partial charge in [-0.1, -0.05) is 13.8 Å². The molecule has 0 atom stereocenters. The summed E-state index contributed by atoms with van der Waals surface area (Å²) in [6.45, 7) is 4.56. The molecule has 0 bridgehead atoms. The van der Waals surface area contributed by atoms with E-state index >= 15 is 0 Å². The first-order chi connectivity index (χ1) is 6.33. The lowest BCUT2D eigenvalue weighted by atomic mass is 10.4. The Hall–Kier alpha value is -0.660. The SMILES string of the molecule is CC(C)NCCNS(=O)(=O)CC(=O)O. The van der Waals surface area contributed by atoms with Gasteiger partial charge < -0.3 is 10.4 Å². The van der Waals surface area contributed by atoms with E-state index in [4.69, 9.17) is 5.11 Å². The number of carboxylic acid groups (broad SMARTS) is 1. The molecule has 0 spiro atoms. The van der Waals surface area contributed by atoms with E-state index in [1.54, 1.807) is 0 Å². The Labute approximate surface area is 83.7 Å². The average Bonchev–Trinajstić information content (AvgIpc) is 1.95. The van der Waals surface area contributed by atoms with Crippen LogP contribution in [-0.2, 0) is 14.8 Å². The summed E-state index contributed by atoms with van der Waals surface area (Å²) in [4.78, 5) is 10.1. The van der Waals surface area contributed by atoms with Gasteiger partial charge >= 0.3 is 5.97 Å². The minimum Gasteiger partial charge on any atom is -0.480 e. The molecule has 6 nitrogen and oxygen atoms in total. The Kier molecular flexibility index (Phi) is 5.66. The number of carbonyl (C=O) groups is 1. The van der Waals surface area contributed by atoms with Gasteiger partial charge in [-0.05, 0) is 0 Å². The van der Waals surface area contributed by atoms with Gasteiger partial charge in [-0.25, -0.2) is 13.1 Å². The van der Waals surface area contributed by atoms with E-state index in [1.165, 1.54) is 0 Å². The van der Waals surface area contributed by atoms with E-state index in [9.17, 15) is 13.2 Å². The molecule has 0 saturated carbocycles. The van der Waals surface area contributed by atoms with Crippen LogP contribution in [0, 0.1) is 0 Å². The number of rotatable bonds is 7. The van der Waals surface area contributed by atoms with Gasteiger partial charge in [0.2, 0.25) is 10.0 Å². The van der Waals surface area contributed by atoms with E-state index in [-0.39, 0.29) is 12.6 Å². The monoisotopic (exact) mass is 224 g/mol. The van der Waals surface area contributed by atoms with Crippen LogP contribution in [-0.4, -0.2) is 44.4 Å². The molecule has 3 N–H and O–H groups in total. The molecular formula is C7H16N2O4S. The largest absolute Gasteiger partial charge is 0.480 e. The molecule has 7 heteroatoms. The molecule has 0 unspecified atom stereocenters. The van der Waals surface area contributed by atoms with Crippen LogP contribution >= 0.6 is 0 Å². The molecule has 0 aliphatic carbocycles. The lowest BCUT2D eigenvalue weighted by Gasteiger charge is -2.08. The van der Waals surface area contributed by atoms with Gasteiger partial charge in [0.05, 0.1) is 0 Å². The average molecular weight is 224 g/mol. The highest BCUT2D eigenvalue weighted by molar-refractivity contribution is 7.90. The normalized spacial score (nSPS) is 11.9. The Bertz CT molecular complexity index is 273. The molecule has 0 aliphatic rings. The molecule has 0 aromatic carbocycles. The number of sulfonamides is 1. The summed E-state index contributed by atoms with van der Waals surface area (Å²) in [6, 6.07) is 0.277. The van der Waals surface area contributed by atoms with Gasteiger partial charge in [0, 0.05) is 19.1 Å². The summed E-state index contributed by atoms with van der Waals surface area (Å²) in [5.41, 5.74) is 0. The molecular weight excluding hydrogens is 208 g/mol. The maximum absolute atomic E-state index is 11.0. The van der Waals surface area contributed by atoms with Crippen LogP contribution in [0.25, 0.3) is 0 Å². The molecule has 0 aromatic heterocycles. The summed E-state index contributed by atoms with van der Waals surface area (Å²) >= 11 is 0. The summed E-state index contributed by atoms with van der Waals surface area (Å²) in [6.07, 6.45) is 0. The van der Waals surface area contributed by atoms with Crippen LogP contribution in [0.1, 0.15) is 13.8 Å².